The van der Waals surface area contributed by atoms with E-state index in [-0.39, 0.29) is 0 Å². The molecule has 4 heteroatoms. The average molecular weight is 209 g/mol. The molecule has 0 unspecified atom stereocenters. The molecule has 0 aliphatic heterocycles. The summed E-state index contributed by atoms with van der Waals surface area (Å²) < 4.78 is 11.9. The zero-order chi connectivity index (χ0) is 6.95. The van der Waals surface area contributed by atoms with Gasteiger partial charge in [0, 0.05) is 0 Å². The zero-order valence-corrected chi connectivity index (χ0v) is 6.35. The minimum Gasteiger partial charge on any atom is -0.394 e. The molecular weight excluding hydrogens is 203 g/mol. The van der Waals surface area contributed by atoms with Crippen LogP contribution in [0.4, 0.5) is 0 Å². The van der Waals surface area contributed by atoms with E-state index in [1.807, 2.05) is 12.1 Å². The van der Waals surface area contributed by atoms with Crippen LogP contribution in [0, 0.1) is 14.4 Å². The van der Waals surface area contributed by atoms with E-state index < -0.39 is 16.8 Å². The van der Waals surface area contributed by atoms with Crippen molar-refractivity contribution >= 4 is 0 Å². The Morgan fingerprint density at radius 3 is 2.11 bits per heavy atom. The van der Waals surface area contributed by atoms with Crippen molar-refractivity contribution < 1.29 is 16.8 Å². The molecule has 0 aliphatic rings. The van der Waals surface area contributed by atoms with Crippen LogP contribution in [0.25, 0.3) is 0 Å². The second-order valence-corrected chi connectivity index (χ2v) is 1.48. The number of nitrogens with one attached hydrogen (secondary N) is 2. The maximum absolute atomic E-state index is 5.96. The molecule has 3 nitrogen and oxygen atoms in total. The average Bonchev–Trinajstić information content (AvgIpc) is 1.93. The Labute approximate surface area is 61.0 Å². The second-order valence-electron chi connectivity index (χ2n) is 1.05. The van der Waals surface area contributed by atoms with Gasteiger partial charge < -0.3 is 4.98 Å². The smallest absolute Gasteiger partial charge is 0.0813 e. The summed E-state index contributed by atoms with van der Waals surface area (Å²) in [7, 11) is 0. The largest absolute Gasteiger partial charge is 0.394 e. The molecule has 0 saturated heterocycles. The molecule has 1 aromatic heterocycles. The van der Waals surface area contributed by atoms with E-state index in [0.717, 1.165) is 0 Å². The molecule has 0 aliphatic carbocycles. The van der Waals surface area contributed by atoms with Crippen LogP contribution in [0.3, 0.4) is 0 Å². The molecule has 0 saturated carbocycles. The fourth-order valence-corrected chi connectivity index (χ4v) is 0.277. The second kappa shape index (κ2) is 7.37. The first-order valence-corrected chi connectivity index (χ1v) is 3.86. The Hall–Kier alpha value is -0.627. The van der Waals surface area contributed by atoms with Gasteiger partial charge in [0.25, 0.3) is 0 Å². The molecule has 9 heavy (non-hydrogen) atoms. The quantitative estimate of drug-likeness (QED) is 0.493. The summed E-state index contributed by atoms with van der Waals surface area (Å²) in [6, 6.07) is 5.50. The minimum atomic E-state index is -0.790. The van der Waals surface area contributed by atoms with Crippen LogP contribution in [-0.4, -0.2) is 4.98 Å². The van der Waals surface area contributed by atoms with E-state index in [1.54, 1.807) is 12.3 Å². The van der Waals surface area contributed by atoms with Crippen LogP contribution in [-0.2, 0) is 16.8 Å². The van der Waals surface area contributed by atoms with Gasteiger partial charge in [-0.05, 0) is 0 Å². The van der Waals surface area contributed by atoms with E-state index >= 15 is 0 Å². The maximum Gasteiger partial charge on any atom is -0.0813 e. The van der Waals surface area contributed by atoms with Gasteiger partial charge in [-0.3, -0.25) is 0 Å². The Bertz CT molecular complexity index is 142. The van der Waals surface area contributed by atoms with Crippen LogP contribution >= 0.6 is 0 Å². The SMILES string of the molecule is [NH]=[Ru]=[NH].[c-]1ccccn1. The van der Waals surface area contributed by atoms with Crippen LogP contribution in [0.2, 0.25) is 0 Å². The standard InChI is InChI=1S/C5H4N.2HN.Ru/c1-2-4-6-5-3-1;;;/h1-4H;2*1H;/q-1;;;. The Balaban J connectivity index is 0.000000187. The summed E-state index contributed by atoms with van der Waals surface area (Å²) in [5, 5.41) is 0. The third kappa shape index (κ3) is 7.37. The van der Waals surface area contributed by atoms with Crippen molar-refractivity contribution in [2.24, 2.45) is 0 Å². The summed E-state index contributed by atoms with van der Waals surface area (Å²) in [5.74, 6) is 0. The van der Waals surface area contributed by atoms with Gasteiger partial charge >= 0.3 is 25.0 Å². The van der Waals surface area contributed by atoms with E-state index in [0.29, 0.717) is 0 Å². The number of hydrogen-bond donors (Lipinski definition) is 2. The summed E-state index contributed by atoms with van der Waals surface area (Å²) in [6.45, 7) is 0. The van der Waals surface area contributed by atoms with Crippen LogP contribution in [0.1, 0.15) is 0 Å². The molecule has 0 fully saturated rings. The van der Waals surface area contributed by atoms with Gasteiger partial charge in [-0.15, -0.1) is 0 Å². The molecule has 0 amide bonds. The number of hydrogen-bond acceptors (Lipinski definition) is 3. The van der Waals surface area contributed by atoms with Crippen LogP contribution in [0.15, 0.2) is 24.4 Å². The van der Waals surface area contributed by atoms with Gasteiger partial charge in [-0.2, -0.15) is 18.2 Å². The molecule has 1 heterocycles. The number of pyridine rings is 1. The molecule has 50 valence electrons. The van der Waals surface area contributed by atoms with Crippen molar-refractivity contribution in [1.82, 2.24) is 4.98 Å². The molecule has 0 spiro atoms. The van der Waals surface area contributed by atoms with Gasteiger partial charge in [-0.25, -0.2) is 0 Å². The van der Waals surface area contributed by atoms with Crippen molar-refractivity contribution in [1.29, 1.82) is 8.20 Å². The number of rotatable bonds is 0. The Morgan fingerprint density at radius 1 is 1.33 bits per heavy atom. The summed E-state index contributed by atoms with van der Waals surface area (Å²) >= 11 is -0.790. The van der Waals surface area contributed by atoms with E-state index in [2.05, 4.69) is 11.2 Å². The molecule has 1 aromatic rings. The first-order chi connectivity index (χ1) is 4.41. The topological polar surface area (TPSA) is 60.6 Å². The number of aromatic nitrogens is 1. The summed E-state index contributed by atoms with van der Waals surface area (Å²) in [5.41, 5.74) is 0. The maximum atomic E-state index is 5.96. The van der Waals surface area contributed by atoms with Crippen molar-refractivity contribution in [3.8, 4) is 0 Å². The van der Waals surface area contributed by atoms with Gasteiger partial charge in [0.2, 0.25) is 0 Å². The summed E-state index contributed by atoms with van der Waals surface area (Å²) in [4.78, 5) is 3.66. The normalized spacial score (nSPS) is 7.11. The van der Waals surface area contributed by atoms with E-state index in [4.69, 9.17) is 8.20 Å². The first kappa shape index (κ1) is 8.37. The van der Waals surface area contributed by atoms with Gasteiger partial charge in [0.05, 0.1) is 0 Å². The molecule has 0 bridgehead atoms. The van der Waals surface area contributed by atoms with Gasteiger partial charge in [0.1, 0.15) is 0 Å². The minimum absolute atomic E-state index is 0.790. The van der Waals surface area contributed by atoms with E-state index in [9.17, 15) is 0 Å². The van der Waals surface area contributed by atoms with Crippen molar-refractivity contribution in [3.63, 3.8) is 0 Å². The third-order valence-electron chi connectivity index (χ3n) is 0.517. The fourth-order valence-electron chi connectivity index (χ4n) is 0.277. The number of nitrogens with zero attached hydrogens (tertiary/aromatic N) is 1. The molecule has 0 aromatic carbocycles. The van der Waals surface area contributed by atoms with Crippen LogP contribution < -0.4 is 0 Å². The molecule has 1 rings (SSSR count). The van der Waals surface area contributed by atoms with Crippen molar-refractivity contribution in [3.05, 3.63) is 30.6 Å². The monoisotopic (exact) mass is 210 g/mol. The zero-order valence-electron chi connectivity index (χ0n) is 4.61. The molecule has 2 N–H and O–H groups in total. The molecule has 0 atom stereocenters. The summed E-state index contributed by atoms with van der Waals surface area (Å²) in [6.07, 6.45) is 4.34. The predicted molar refractivity (Wildman–Crippen MR) is 28.5 cm³/mol. The Morgan fingerprint density at radius 2 is 2.00 bits per heavy atom. The van der Waals surface area contributed by atoms with Gasteiger partial charge in [0.15, 0.2) is 0 Å². The molecular formula is C5H6N3Ru-. The third-order valence-corrected chi connectivity index (χ3v) is 0.517. The Kier molecular flexibility index (Phi) is 6.86. The van der Waals surface area contributed by atoms with Crippen LogP contribution in [0.5, 0.6) is 0 Å². The van der Waals surface area contributed by atoms with Crippen molar-refractivity contribution in [2.45, 2.75) is 0 Å². The van der Waals surface area contributed by atoms with E-state index in [1.165, 1.54) is 0 Å². The predicted octanol–water partition coefficient (Wildman–Crippen LogP) is 1.48. The first-order valence-electron chi connectivity index (χ1n) is 2.12. The molecule has 0 radical (unpaired) electrons. The van der Waals surface area contributed by atoms with Gasteiger partial charge in [-0.1, -0.05) is 12.4 Å². The fraction of sp³-hybridized carbons (Fsp3) is 0. The van der Waals surface area contributed by atoms with Crippen molar-refractivity contribution in [2.75, 3.05) is 0 Å².